The second kappa shape index (κ2) is 9.62. The van der Waals surface area contributed by atoms with E-state index in [9.17, 15) is 14.4 Å². The van der Waals surface area contributed by atoms with Crippen molar-refractivity contribution in [3.8, 4) is 5.75 Å². The monoisotopic (exact) mass is 417 g/mol. The molecule has 0 saturated carbocycles. The third kappa shape index (κ3) is 4.91. The number of benzene rings is 1. The molecule has 1 spiro atoms. The Kier molecular flexibility index (Phi) is 6.94. The Morgan fingerprint density at radius 2 is 1.90 bits per heavy atom. The topological polar surface area (TPSA) is 106 Å². The molecule has 0 aliphatic carbocycles. The Balaban J connectivity index is 1.58. The molecule has 2 aliphatic heterocycles. The third-order valence-electron chi connectivity index (χ3n) is 5.03. The molecule has 3 rings (SSSR count). The van der Waals surface area contributed by atoms with Gasteiger partial charge in [0.25, 0.3) is 11.8 Å². The van der Waals surface area contributed by atoms with Crippen molar-refractivity contribution < 1.29 is 28.7 Å². The van der Waals surface area contributed by atoms with Gasteiger partial charge in [-0.15, -0.1) is 0 Å². The second-order valence-electron chi connectivity index (χ2n) is 7.04. The molecule has 162 valence electrons. The SMILES string of the molecule is CCOC(=O)CNC(=O)C1=CC2(CCN(C(=O)c3ccccc3OCC)CC2)ON1. The number of amides is 2. The lowest BCUT2D eigenvalue weighted by Crippen LogP contribution is -2.46. The van der Waals surface area contributed by atoms with Gasteiger partial charge >= 0.3 is 5.97 Å². The van der Waals surface area contributed by atoms with Crippen LogP contribution in [-0.2, 0) is 19.2 Å². The van der Waals surface area contributed by atoms with Crippen LogP contribution in [0.2, 0.25) is 0 Å². The van der Waals surface area contributed by atoms with Gasteiger partial charge in [-0.1, -0.05) is 12.1 Å². The Bertz CT molecular complexity index is 830. The van der Waals surface area contributed by atoms with Crippen LogP contribution in [0.4, 0.5) is 0 Å². The lowest BCUT2D eigenvalue weighted by Gasteiger charge is -2.36. The summed E-state index contributed by atoms with van der Waals surface area (Å²) in [5, 5.41) is 2.50. The summed E-state index contributed by atoms with van der Waals surface area (Å²) in [6, 6.07) is 7.20. The molecule has 2 amide bonds. The van der Waals surface area contributed by atoms with Crippen molar-refractivity contribution in [1.29, 1.82) is 0 Å². The van der Waals surface area contributed by atoms with Gasteiger partial charge in [-0.05, 0) is 32.1 Å². The van der Waals surface area contributed by atoms with E-state index in [0.717, 1.165) is 0 Å². The Hall–Kier alpha value is -3.07. The zero-order valence-corrected chi connectivity index (χ0v) is 17.2. The summed E-state index contributed by atoms with van der Waals surface area (Å²) >= 11 is 0. The smallest absolute Gasteiger partial charge is 0.325 e. The van der Waals surface area contributed by atoms with E-state index in [1.54, 1.807) is 30.0 Å². The highest BCUT2D eigenvalue weighted by Crippen LogP contribution is 2.33. The van der Waals surface area contributed by atoms with E-state index in [4.69, 9.17) is 14.3 Å². The van der Waals surface area contributed by atoms with Crippen molar-refractivity contribution in [2.75, 3.05) is 32.8 Å². The molecule has 1 saturated heterocycles. The van der Waals surface area contributed by atoms with E-state index in [2.05, 4.69) is 10.8 Å². The fraction of sp³-hybridized carbons (Fsp3) is 0.476. The minimum Gasteiger partial charge on any atom is -0.493 e. The molecule has 0 radical (unpaired) electrons. The van der Waals surface area contributed by atoms with Crippen LogP contribution in [0.3, 0.4) is 0 Å². The largest absolute Gasteiger partial charge is 0.493 e. The number of likely N-dealkylation sites (tertiary alicyclic amines) is 1. The van der Waals surface area contributed by atoms with Gasteiger partial charge in [0.15, 0.2) is 0 Å². The minimum absolute atomic E-state index is 0.0868. The maximum absolute atomic E-state index is 12.9. The summed E-state index contributed by atoms with van der Waals surface area (Å²) in [4.78, 5) is 44.0. The number of hydroxylamine groups is 1. The average Bonchev–Trinajstić information content (AvgIpc) is 3.16. The van der Waals surface area contributed by atoms with Crippen LogP contribution >= 0.6 is 0 Å². The predicted octanol–water partition coefficient (Wildman–Crippen LogP) is 1.16. The van der Waals surface area contributed by atoms with E-state index >= 15 is 0 Å². The lowest BCUT2D eigenvalue weighted by atomic mass is 9.90. The molecular weight excluding hydrogens is 390 g/mol. The van der Waals surface area contributed by atoms with Gasteiger partial charge in [0.1, 0.15) is 23.6 Å². The number of carbonyl (C=O) groups excluding carboxylic acids is 3. The molecular formula is C21H27N3O6. The van der Waals surface area contributed by atoms with Crippen LogP contribution < -0.4 is 15.5 Å². The zero-order valence-electron chi connectivity index (χ0n) is 17.2. The maximum atomic E-state index is 12.9. The fourth-order valence-electron chi connectivity index (χ4n) is 3.48. The van der Waals surface area contributed by atoms with Crippen molar-refractivity contribution in [3.05, 3.63) is 41.6 Å². The molecule has 9 heteroatoms. The number of nitrogens with zero attached hydrogens (tertiary/aromatic N) is 1. The van der Waals surface area contributed by atoms with Crippen LogP contribution in [0.1, 0.15) is 37.0 Å². The van der Waals surface area contributed by atoms with Crippen molar-refractivity contribution >= 4 is 17.8 Å². The molecule has 1 fully saturated rings. The predicted molar refractivity (Wildman–Crippen MR) is 107 cm³/mol. The van der Waals surface area contributed by atoms with E-state index in [1.165, 1.54) is 0 Å². The molecule has 0 atom stereocenters. The van der Waals surface area contributed by atoms with Gasteiger partial charge in [-0.2, -0.15) is 0 Å². The summed E-state index contributed by atoms with van der Waals surface area (Å²) in [5.41, 5.74) is 2.78. The molecule has 2 N–H and O–H groups in total. The van der Waals surface area contributed by atoms with Crippen LogP contribution in [0.25, 0.3) is 0 Å². The van der Waals surface area contributed by atoms with Crippen LogP contribution in [0, 0.1) is 0 Å². The summed E-state index contributed by atoms with van der Waals surface area (Å²) in [5.74, 6) is -0.455. The minimum atomic E-state index is -0.660. The first-order chi connectivity index (χ1) is 14.5. The fourth-order valence-corrected chi connectivity index (χ4v) is 3.48. The normalized spacial score (nSPS) is 17.1. The standard InChI is InChI=1S/C21H27N3O6/c1-3-28-17-8-6-5-7-15(17)20(27)24-11-9-21(10-12-24)13-16(23-30-21)19(26)22-14-18(25)29-4-2/h5-8,13,23H,3-4,9-12,14H2,1-2H3,(H,22,26). The van der Waals surface area contributed by atoms with E-state index in [-0.39, 0.29) is 24.8 Å². The number of hydrogen-bond donors (Lipinski definition) is 2. The first-order valence-corrected chi connectivity index (χ1v) is 10.1. The number of nitrogens with one attached hydrogen (secondary N) is 2. The van der Waals surface area contributed by atoms with Crippen LogP contribution in [0.5, 0.6) is 5.75 Å². The molecule has 2 aliphatic rings. The molecule has 0 aromatic heterocycles. The number of para-hydroxylation sites is 1. The highest BCUT2D eigenvalue weighted by molar-refractivity contribution is 5.97. The first-order valence-electron chi connectivity index (χ1n) is 10.1. The Morgan fingerprint density at radius 1 is 1.17 bits per heavy atom. The highest BCUT2D eigenvalue weighted by Gasteiger charge is 2.41. The van der Waals surface area contributed by atoms with Gasteiger partial charge in [-0.3, -0.25) is 24.7 Å². The Morgan fingerprint density at radius 3 is 2.60 bits per heavy atom. The quantitative estimate of drug-likeness (QED) is 0.641. The van der Waals surface area contributed by atoms with Crippen molar-refractivity contribution in [1.82, 2.24) is 15.7 Å². The highest BCUT2D eigenvalue weighted by atomic mass is 16.7. The van der Waals surface area contributed by atoms with Gasteiger partial charge in [-0.25, -0.2) is 0 Å². The summed E-state index contributed by atoms with van der Waals surface area (Å²) < 4.78 is 10.4. The average molecular weight is 417 g/mol. The number of ether oxygens (including phenoxy) is 2. The molecule has 2 heterocycles. The number of hydrogen-bond acceptors (Lipinski definition) is 7. The molecule has 0 bridgehead atoms. The molecule has 0 unspecified atom stereocenters. The van der Waals surface area contributed by atoms with Gasteiger partial charge in [0.05, 0.1) is 18.8 Å². The van der Waals surface area contributed by atoms with Crippen molar-refractivity contribution in [3.63, 3.8) is 0 Å². The van der Waals surface area contributed by atoms with Gasteiger partial charge in [0.2, 0.25) is 0 Å². The molecule has 30 heavy (non-hydrogen) atoms. The number of rotatable bonds is 7. The van der Waals surface area contributed by atoms with Gasteiger partial charge < -0.3 is 19.7 Å². The summed E-state index contributed by atoms with van der Waals surface area (Å²) in [7, 11) is 0. The van der Waals surface area contributed by atoms with Crippen LogP contribution in [0.15, 0.2) is 36.0 Å². The molecule has 1 aromatic carbocycles. The maximum Gasteiger partial charge on any atom is 0.325 e. The van der Waals surface area contributed by atoms with E-state index < -0.39 is 17.5 Å². The zero-order chi connectivity index (χ0) is 21.6. The van der Waals surface area contributed by atoms with Crippen molar-refractivity contribution in [2.24, 2.45) is 0 Å². The molecule has 9 nitrogen and oxygen atoms in total. The van der Waals surface area contributed by atoms with E-state index in [0.29, 0.717) is 43.9 Å². The second-order valence-corrected chi connectivity index (χ2v) is 7.04. The Labute approximate surface area is 175 Å². The van der Waals surface area contributed by atoms with E-state index in [1.807, 2.05) is 19.1 Å². The number of esters is 1. The van der Waals surface area contributed by atoms with Crippen molar-refractivity contribution in [2.45, 2.75) is 32.3 Å². The number of carbonyl (C=O) groups is 3. The number of piperidine rings is 1. The van der Waals surface area contributed by atoms with Crippen LogP contribution in [-0.4, -0.2) is 61.1 Å². The third-order valence-corrected chi connectivity index (χ3v) is 5.03. The first kappa shape index (κ1) is 21.6. The lowest BCUT2D eigenvalue weighted by molar-refractivity contribution is -0.143. The summed E-state index contributed by atoms with van der Waals surface area (Å²) in [6.45, 7) is 5.07. The van der Waals surface area contributed by atoms with Gasteiger partial charge in [0, 0.05) is 25.9 Å². The molecule has 1 aromatic rings. The summed E-state index contributed by atoms with van der Waals surface area (Å²) in [6.07, 6.45) is 2.80.